The highest BCUT2D eigenvalue weighted by Gasteiger charge is 2.29. The molecule has 1 aromatic heterocycles. The van der Waals surface area contributed by atoms with Crippen LogP contribution in [-0.4, -0.2) is 67.3 Å². The number of aromatic amines is 1. The average molecular weight is 455 g/mol. The monoisotopic (exact) mass is 454 g/mol. The molecule has 0 spiro atoms. The fraction of sp³-hybridized carbons (Fsp3) is 0.417. The van der Waals surface area contributed by atoms with E-state index in [0.717, 1.165) is 59.8 Å². The molecule has 7 nitrogen and oxygen atoms in total. The molecule has 0 saturated carbocycles. The molecule has 0 unspecified atom stereocenters. The van der Waals surface area contributed by atoms with Gasteiger partial charge in [-0.1, -0.05) is 11.6 Å². The zero-order valence-electron chi connectivity index (χ0n) is 18.1. The summed E-state index contributed by atoms with van der Waals surface area (Å²) < 4.78 is 10.7. The van der Waals surface area contributed by atoms with Crippen LogP contribution in [0.5, 0.6) is 5.75 Å². The van der Waals surface area contributed by atoms with Gasteiger partial charge in [0.05, 0.1) is 36.4 Å². The van der Waals surface area contributed by atoms with Crippen molar-refractivity contribution in [3.63, 3.8) is 0 Å². The third kappa shape index (κ3) is 4.14. The molecule has 0 bridgehead atoms. The Morgan fingerprint density at radius 1 is 1.12 bits per heavy atom. The Bertz CT molecular complexity index is 1120. The number of nitrogens with one attached hydrogen (secondary N) is 1. The quantitative estimate of drug-likeness (QED) is 0.646. The van der Waals surface area contributed by atoms with E-state index in [-0.39, 0.29) is 11.8 Å². The van der Waals surface area contributed by atoms with Crippen LogP contribution in [0.3, 0.4) is 0 Å². The standard InChI is InChI=1S/C24H27ClN4O3/c1-31-18-3-5-21-22(15-18)27-23(26-21)19-14-17(2-4-20(19)25)28-8-6-16(7-9-28)24(30)29-10-12-32-13-11-29/h2-5,14-16H,6-13H2,1H3,(H,26,27). The summed E-state index contributed by atoms with van der Waals surface area (Å²) in [4.78, 5) is 25.2. The van der Waals surface area contributed by atoms with Crippen molar-refractivity contribution in [1.29, 1.82) is 0 Å². The molecule has 2 fully saturated rings. The first-order valence-corrected chi connectivity index (χ1v) is 11.5. The van der Waals surface area contributed by atoms with Gasteiger partial charge in [-0.2, -0.15) is 0 Å². The Labute approximate surface area is 192 Å². The second-order valence-electron chi connectivity index (χ2n) is 8.33. The van der Waals surface area contributed by atoms with Crippen molar-refractivity contribution in [3.05, 3.63) is 41.4 Å². The molecule has 8 heteroatoms. The van der Waals surface area contributed by atoms with Crippen LogP contribution < -0.4 is 9.64 Å². The number of rotatable bonds is 4. The normalized spacial score (nSPS) is 17.7. The Balaban J connectivity index is 1.32. The van der Waals surface area contributed by atoms with Gasteiger partial charge in [0.1, 0.15) is 11.6 Å². The molecule has 0 atom stereocenters. The fourth-order valence-electron chi connectivity index (χ4n) is 4.56. The topological polar surface area (TPSA) is 70.7 Å². The zero-order valence-corrected chi connectivity index (χ0v) is 18.9. The first-order valence-electron chi connectivity index (χ1n) is 11.1. The van der Waals surface area contributed by atoms with Crippen molar-refractivity contribution in [2.75, 3.05) is 51.4 Å². The maximum absolute atomic E-state index is 12.8. The molecule has 32 heavy (non-hydrogen) atoms. The number of nitrogens with zero attached hydrogens (tertiary/aromatic N) is 3. The Morgan fingerprint density at radius 3 is 2.66 bits per heavy atom. The lowest BCUT2D eigenvalue weighted by atomic mass is 9.94. The van der Waals surface area contributed by atoms with Gasteiger partial charge in [-0.05, 0) is 43.2 Å². The predicted molar refractivity (Wildman–Crippen MR) is 125 cm³/mol. The summed E-state index contributed by atoms with van der Waals surface area (Å²) >= 11 is 6.54. The number of morpholine rings is 1. The number of hydrogen-bond donors (Lipinski definition) is 1. The molecule has 2 aliphatic heterocycles. The van der Waals surface area contributed by atoms with E-state index in [1.165, 1.54) is 0 Å². The second-order valence-corrected chi connectivity index (χ2v) is 8.74. The summed E-state index contributed by atoms with van der Waals surface area (Å²) in [6, 6.07) is 11.8. The van der Waals surface area contributed by atoms with Gasteiger partial charge in [-0.3, -0.25) is 4.79 Å². The van der Waals surface area contributed by atoms with Crippen molar-refractivity contribution in [3.8, 4) is 17.1 Å². The molecular weight excluding hydrogens is 428 g/mol. The fourth-order valence-corrected chi connectivity index (χ4v) is 4.77. The number of halogens is 1. The van der Waals surface area contributed by atoms with E-state index in [4.69, 9.17) is 26.1 Å². The molecular formula is C24H27ClN4O3. The summed E-state index contributed by atoms with van der Waals surface area (Å²) in [6.07, 6.45) is 1.72. The number of H-pyrrole nitrogens is 1. The van der Waals surface area contributed by atoms with Gasteiger partial charge in [0.25, 0.3) is 0 Å². The number of carbonyl (C=O) groups is 1. The van der Waals surface area contributed by atoms with Gasteiger partial charge < -0.3 is 24.3 Å². The van der Waals surface area contributed by atoms with E-state index in [0.29, 0.717) is 31.3 Å². The maximum Gasteiger partial charge on any atom is 0.225 e. The summed E-state index contributed by atoms with van der Waals surface area (Å²) in [7, 11) is 1.65. The smallest absolute Gasteiger partial charge is 0.225 e. The molecule has 0 radical (unpaired) electrons. The van der Waals surface area contributed by atoms with Crippen LogP contribution in [0.2, 0.25) is 5.02 Å². The predicted octanol–water partition coefficient (Wildman–Crippen LogP) is 3.97. The SMILES string of the molecule is COc1ccc2[nH]c(-c3cc(N4CCC(C(=O)N5CCOCC5)CC4)ccc3Cl)nc2c1. The van der Waals surface area contributed by atoms with Gasteiger partial charge in [0, 0.05) is 49.4 Å². The lowest BCUT2D eigenvalue weighted by Crippen LogP contribution is -2.46. The molecule has 2 saturated heterocycles. The van der Waals surface area contributed by atoms with Crippen LogP contribution in [0.25, 0.3) is 22.4 Å². The van der Waals surface area contributed by atoms with Crippen molar-refractivity contribution in [2.45, 2.75) is 12.8 Å². The molecule has 1 amide bonds. The molecule has 5 rings (SSSR count). The van der Waals surface area contributed by atoms with E-state index in [9.17, 15) is 4.79 Å². The molecule has 1 N–H and O–H groups in total. The van der Waals surface area contributed by atoms with Crippen LogP contribution in [0.1, 0.15) is 12.8 Å². The number of aromatic nitrogens is 2. The second kappa shape index (κ2) is 9.00. The number of piperidine rings is 1. The minimum atomic E-state index is 0.0986. The minimum absolute atomic E-state index is 0.0986. The lowest BCUT2D eigenvalue weighted by molar-refractivity contribution is -0.140. The summed E-state index contributed by atoms with van der Waals surface area (Å²) in [5.74, 6) is 1.88. The molecule has 3 heterocycles. The van der Waals surface area contributed by atoms with Crippen LogP contribution >= 0.6 is 11.6 Å². The van der Waals surface area contributed by atoms with Gasteiger partial charge in [-0.25, -0.2) is 4.98 Å². The van der Waals surface area contributed by atoms with E-state index in [2.05, 4.69) is 16.0 Å². The molecule has 168 valence electrons. The molecule has 2 aromatic carbocycles. The number of ether oxygens (including phenoxy) is 2. The molecule has 0 aliphatic carbocycles. The first kappa shape index (κ1) is 21.1. The highest BCUT2D eigenvalue weighted by Crippen LogP contribution is 2.34. The van der Waals surface area contributed by atoms with Gasteiger partial charge in [0.15, 0.2) is 0 Å². The maximum atomic E-state index is 12.8. The van der Waals surface area contributed by atoms with E-state index in [1.807, 2.05) is 35.2 Å². The summed E-state index contributed by atoms with van der Waals surface area (Å²) in [6.45, 7) is 4.41. The van der Waals surface area contributed by atoms with E-state index in [1.54, 1.807) is 7.11 Å². The van der Waals surface area contributed by atoms with Crippen LogP contribution in [0.4, 0.5) is 5.69 Å². The number of anilines is 1. The van der Waals surface area contributed by atoms with Crippen molar-refractivity contribution in [2.24, 2.45) is 5.92 Å². The van der Waals surface area contributed by atoms with Crippen molar-refractivity contribution in [1.82, 2.24) is 14.9 Å². The third-order valence-corrected chi connectivity index (χ3v) is 6.76. The highest BCUT2D eigenvalue weighted by molar-refractivity contribution is 6.33. The van der Waals surface area contributed by atoms with Gasteiger partial charge >= 0.3 is 0 Å². The van der Waals surface area contributed by atoms with Gasteiger partial charge in [-0.15, -0.1) is 0 Å². The van der Waals surface area contributed by atoms with Crippen molar-refractivity contribution >= 4 is 34.2 Å². The van der Waals surface area contributed by atoms with Crippen LogP contribution in [0, 0.1) is 5.92 Å². The Morgan fingerprint density at radius 2 is 1.91 bits per heavy atom. The number of methoxy groups -OCH3 is 1. The zero-order chi connectivity index (χ0) is 22.1. The van der Waals surface area contributed by atoms with Crippen LogP contribution in [-0.2, 0) is 9.53 Å². The summed E-state index contributed by atoms with van der Waals surface area (Å²) in [5.41, 5.74) is 3.73. The highest BCUT2D eigenvalue weighted by atomic mass is 35.5. The number of hydrogen-bond acceptors (Lipinski definition) is 5. The Hall–Kier alpha value is -2.77. The van der Waals surface area contributed by atoms with E-state index < -0.39 is 0 Å². The van der Waals surface area contributed by atoms with Crippen molar-refractivity contribution < 1.29 is 14.3 Å². The minimum Gasteiger partial charge on any atom is -0.497 e. The average Bonchev–Trinajstić information content (AvgIpc) is 3.27. The number of imidazole rings is 1. The van der Waals surface area contributed by atoms with Gasteiger partial charge in [0.2, 0.25) is 5.91 Å². The Kier molecular flexibility index (Phi) is 5.93. The molecule has 2 aliphatic rings. The molecule has 3 aromatic rings. The summed E-state index contributed by atoms with van der Waals surface area (Å²) in [5, 5.41) is 0.650. The van der Waals surface area contributed by atoms with Crippen LogP contribution in [0.15, 0.2) is 36.4 Å². The number of amides is 1. The number of benzene rings is 2. The third-order valence-electron chi connectivity index (χ3n) is 6.43. The number of fused-ring (bicyclic) bond motifs is 1. The first-order chi connectivity index (χ1) is 15.6. The largest absolute Gasteiger partial charge is 0.497 e. The van der Waals surface area contributed by atoms with E-state index >= 15 is 0 Å². The lowest BCUT2D eigenvalue weighted by Gasteiger charge is -2.36. The number of carbonyl (C=O) groups excluding carboxylic acids is 1.